The first-order valence-corrected chi connectivity index (χ1v) is 9.72. The van der Waals surface area contributed by atoms with Gasteiger partial charge in [0, 0.05) is 13.7 Å². The Kier molecular flexibility index (Phi) is 9.16. The number of para-hydroxylation sites is 1. The van der Waals surface area contributed by atoms with Crippen molar-refractivity contribution in [3.8, 4) is 11.5 Å². The first kappa shape index (κ1) is 21.3. The molecule has 2 aromatic rings. The second kappa shape index (κ2) is 11.6. The molecule has 0 aliphatic rings. The fourth-order valence-electron chi connectivity index (χ4n) is 2.94. The molecule has 2 rings (SSSR count). The van der Waals surface area contributed by atoms with E-state index in [1.807, 2.05) is 25.1 Å². The maximum Gasteiger partial charge on any atom is 0.122 e. The first-order valence-electron chi connectivity index (χ1n) is 9.72. The van der Waals surface area contributed by atoms with Crippen LogP contribution in [0.4, 0.5) is 0 Å². The lowest BCUT2D eigenvalue weighted by molar-refractivity contribution is 0.0469. The molecule has 0 saturated carbocycles. The summed E-state index contributed by atoms with van der Waals surface area (Å²) in [5, 5.41) is 0. The minimum absolute atomic E-state index is 0.100. The van der Waals surface area contributed by atoms with Crippen molar-refractivity contribution >= 4 is 0 Å². The van der Waals surface area contributed by atoms with E-state index in [1.165, 1.54) is 11.1 Å². The van der Waals surface area contributed by atoms with Gasteiger partial charge in [-0.2, -0.15) is 0 Å². The number of ether oxygens (including phenoxy) is 3. The molecule has 0 N–H and O–H groups in total. The number of aryl methyl sites for hydroxylation is 2. The zero-order valence-electron chi connectivity index (χ0n) is 17.1. The van der Waals surface area contributed by atoms with Crippen molar-refractivity contribution in [1.29, 1.82) is 0 Å². The third kappa shape index (κ3) is 7.61. The summed E-state index contributed by atoms with van der Waals surface area (Å²) < 4.78 is 17.3. The molecule has 4 nitrogen and oxygen atoms in total. The minimum atomic E-state index is 0.100. The lowest BCUT2D eigenvalue weighted by Gasteiger charge is -2.19. The van der Waals surface area contributed by atoms with E-state index < -0.39 is 0 Å². The summed E-state index contributed by atoms with van der Waals surface area (Å²) in [6, 6.07) is 16.6. The van der Waals surface area contributed by atoms with Gasteiger partial charge in [0.1, 0.15) is 18.1 Å². The lowest BCUT2D eigenvalue weighted by Crippen LogP contribution is -2.26. The smallest absolute Gasteiger partial charge is 0.122 e. The van der Waals surface area contributed by atoms with Crippen molar-refractivity contribution in [1.82, 2.24) is 4.90 Å². The van der Waals surface area contributed by atoms with E-state index >= 15 is 0 Å². The van der Waals surface area contributed by atoms with Crippen molar-refractivity contribution in [2.75, 3.05) is 41.0 Å². The number of nitrogens with zero attached hydrogens (tertiary/aromatic N) is 1. The fraction of sp³-hybridized carbons (Fsp3) is 0.478. The highest BCUT2D eigenvalue weighted by atomic mass is 16.5. The molecule has 148 valence electrons. The molecule has 0 bridgehead atoms. The Morgan fingerprint density at radius 1 is 0.963 bits per heavy atom. The van der Waals surface area contributed by atoms with Gasteiger partial charge in [0.25, 0.3) is 0 Å². The zero-order valence-corrected chi connectivity index (χ0v) is 17.1. The highest BCUT2D eigenvalue weighted by Crippen LogP contribution is 2.22. The molecule has 0 heterocycles. The van der Waals surface area contributed by atoms with E-state index in [-0.39, 0.29) is 6.10 Å². The van der Waals surface area contributed by atoms with Gasteiger partial charge in [-0.1, -0.05) is 30.3 Å². The standard InChI is InChI=1S/C23H33NO3/c1-5-26-21-11-8-9-19(17-21)13-14-20-10-6-7-12-23(20)27-18-22(25-4)15-16-24(2)3/h6-12,17,22H,5,13-16,18H2,1-4H3. The number of hydrogen-bond donors (Lipinski definition) is 0. The Morgan fingerprint density at radius 3 is 2.52 bits per heavy atom. The minimum Gasteiger partial charge on any atom is -0.494 e. The third-order valence-electron chi connectivity index (χ3n) is 4.52. The van der Waals surface area contributed by atoms with Crippen LogP contribution in [-0.2, 0) is 17.6 Å². The molecule has 0 fully saturated rings. The summed E-state index contributed by atoms with van der Waals surface area (Å²) in [5.74, 6) is 1.88. The quantitative estimate of drug-likeness (QED) is 0.559. The maximum absolute atomic E-state index is 6.10. The molecule has 1 atom stereocenters. The van der Waals surface area contributed by atoms with Crippen LogP contribution in [0.3, 0.4) is 0 Å². The molecule has 2 aromatic carbocycles. The van der Waals surface area contributed by atoms with Crippen LogP contribution in [-0.4, -0.2) is 52.0 Å². The molecular formula is C23H33NO3. The predicted octanol–water partition coefficient (Wildman–Crippen LogP) is 4.22. The average Bonchev–Trinajstić information content (AvgIpc) is 2.67. The number of benzene rings is 2. The van der Waals surface area contributed by atoms with Crippen LogP contribution in [0.1, 0.15) is 24.5 Å². The van der Waals surface area contributed by atoms with E-state index in [9.17, 15) is 0 Å². The van der Waals surface area contributed by atoms with Crippen LogP contribution in [0.25, 0.3) is 0 Å². The third-order valence-corrected chi connectivity index (χ3v) is 4.52. The van der Waals surface area contributed by atoms with Gasteiger partial charge in [-0.05, 0) is 69.6 Å². The maximum atomic E-state index is 6.10. The number of rotatable bonds is 12. The van der Waals surface area contributed by atoms with Gasteiger partial charge in [-0.3, -0.25) is 0 Å². The van der Waals surface area contributed by atoms with Crippen molar-refractivity contribution in [2.45, 2.75) is 32.3 Å². The van der Waals surface area contributed by atoms with Gasteiger partial charge >= 0.3 is 0 Å². The first-order chi connectivity index (χ1) is 13.1. The lowest BCUT2D eigenvalue weighted by atomic mass is 10.0. The van der Waals surface area contributed by atoms with E-state index in [2.05, 4.69) is 49.3 Å². The summed E-state index contributed by atoms with van der Waals surface area (Å²) in [6.45, 7) is 4.25. The largest absolute Gasteiger partial charge is 0.494 e. The van der Waals surface area contributed by atoms with Gasteiger partial charge < -0.3 is 19.1 Å². The summed E-state index contributed by atoms with van der Waals surface area (Å²) >= 11 is 0. The molecule has 1 unspecified atom stereocenters. The van der Waals surface area contributed by atoms with Crippen LogP contribution in [0.2, 0.25) is 0 Å². The van der Waals surface area contributed by atoms with Gasteiger partial charge in [0.2, 0.25) is 0 Å². The monoisotopic (exact) mass is 371 g/mol. The Balaban J connectivity index is 1.93. The summed E-state index contributed by atoms with van der Waals surface area (Å²) in [5.41, 5.74) is 2.50. The number of methoxy groups -OCH3 is 1. The van der Waals surface area contributed by atoms with Gasteiger partial charge in [0.05, 0.1) is 12.7 Å². The van der Waals surface area contributed by atoms with Crippen LogP contribution in [0, 0.1) is 0 Å². The van der Waals surface area contributed by atoms with E-state index in [0.29, 0.717) is 13.2 Å². The molecule has 0 aliphatic heterocycles. The fourth-order valence-corrected chi connectivity index (χ4v) is 2.94. The molecule has 27 heavy (non-hydrogen) atoms. The zero-order chi connectivity index (χ0) is 19.5. The molecule has 0 amide bonds. The van der Waals surface area contributed by atoms with Crippen molar-refractivity contribution in [3.05, 3.63) is 59.7 Å². The number of hydrogen-bond acceptors (Lipinski definition) is 4. The van der Waals surface area contributed by atoms with Gasteiger partial charge in [0.15, 0.2) is 0 Å². The second-order valence-electron chi connectivity index (χ2n) is 6.95. The highest BCUT2D eigenvalue weighted by Gasteiger charge is 2.11. The molecular weight excluding hydrogens is 338 g/mol. The SMILES string of the molecule is CCOc1cccc(CCc2ccccc2OCC(CCN(C)C)OC)c1. The molecule has 0 saturated heterocycles. The van der Waals surface area contributed by atoms with E-state index in [1.54, 1.807) is 7.11 Å². The summed E-state index contributed by atoms with van der Waals surface area (Å²) in [7, 11) is 5.90. The summed E-state index contributed by atoms with van der Waals surface area (Å²) in [6.07, 6.45) is 2.94. The highest BCUT2D eigenvalue weighted by molar-refractivity contribution is 5.35. The van der Waals surface area contributed by atoms with Crippen LogP contribution < -0.4 is 9.47 Å². The van der Waals surface area contributed by atoms with E-state index in [4.69, 9.17) is 14.2 Å². The molecule has 0 aliphatic carbocycles. The Morgan fingerprint density at radius 2 is 1.78 bits per heavy atom. The Bertz CT molecular complexity index is 672. The van der Waals surface area contributed by atoms with Crippen molar-refractivity contribution in [3.63, 3.8) is 0 Å². The van der Waals surface area contributed by atoms with Gasteiger partial charge in [-0.15, -0.1) is 0 Å². The molecule has 4 heteroatoms. The Labute approximate surface area is 164 Å². The van der Waals surface area contributed by atoms with Crippen molar-refractivity contribution < 1.29 is 14.2 Å². The van der Waals surface area contributed by atoms with Crippen molar-refractivity contribution in [2.24, 2.45) is 0 Å². The van der Waals surface area contributed by atoms with Crippen LogP contribution >= 0.6 is 0 Å². The van der Waals surface area contributed by atoms with E-state index in [0.717, 1.165) is 37.3 Å². The normalized spacial score (nSPS) is 12.2. The van der Waals surface area contributed by atoms with Crippen LogP contribution in [0.15, 0.2) is 48.5 Å². The molecule has 0 radical (unpaired) electrons. The predicted molar refractivity (Wildman–Crippen MR) is 111 cm³/mol. The van der Waals surface area contributed by atoms with Gasteiger partial charge in [-0.25, -0.2) is 0 Å². The molecule has 0 aromatic heterocycles. The van der Waals surface area contributed by atoms with Crippen LogP contribution in [0.5, 0.6) is 11.5 Å². The second-order valence-corrected chi connectivity index (χ2v) is 6.95. The summed E-state index contributed by atoms with van der Waals surface area (Å²) in [4.78, 5) is 2.16. The topological polar surface area (TPSA) is 30.9 Å². The average molecular weight is 372 g/mol. The molecule has 0 spiro atoms. The Hall–Kier alpha value is -2.04.